The van der Waals surface area contributed by atoms with Crippen molar-refractivity contribution < 1.29 is 45.4 Å². The van der Waals surface area contributed by atoms with Crippen LogP contribution in [0.3, 0.4) is 0 Å². The van der Waals surface area contributed by atoms with Crippen molar-refractivity contribution in [3.63, 3.8) is 0 Å². The first-order valence-electron chi connectivity index (χ1n) is 5.59. The smallest absolute Gasteiger partial charge is 0.409 e. The third kappa shape index (κ3) is 26.5. The Bertz CT molecular complexity index is 357. The summed E-state index contributed by atoms with van der Waals surface area (Å²) >= 11 is 0. The maximum absolute atomic E-state index is 11.4. The predicted octanol–water partition coefficient (Wildman–Crippen LogP) is 3.34. The fourth-order valence-electron chi connectivity index (χ4n) is 0.694. The number of halogens is 6. The van der Waals surface area contributed by atoms with Crippen LogP contribution < -0.4 is 0 Å². The largest absolute Gasteiger partial charge is 0.462 e. The molecule has 0 N–H and O–H groups in total. The molecule has 0 radical (unpaired) electrons. The molecule has 0 saturated carbocycles. The summed E-state index contributed by atoms with van der Waals surface area (Å²) in [6.45, 7) is 1.58. The van der Waals surface area contributed by atoms with Gasteiger partial charge in [0.15, 0.2) is 0 Å². The lowest BCUT2D eigenvalue weighted by molar-refractivity contribution is -0.140. The lowest BCUT2D eigenvalue weighted by Crippen LogP contribution is -2.03. The molecule has 0 aliphatic rings. The third-order valence-corrected chi connectivity index (χ3v) is 1.38. The number of esters is 2. The SMILES string of the molecule is CC(=O)OC/C=C/C(F)(F)F.CC(=O)OC/C=C\C(F)(F)F. The zero-order valence-corrected chi connectivity index (χ0v) is 11.6. The van der Waals surface area contributed by atoms with E-state index in [1.807, 2.05) is 0 Å². The minimum Gasteiger partial charge on any atom is -0.462 e. The number of carbonyl (C=O) groups excluding carboxylic acids is 2. The molecule has 0 aromatic heterocycles. The van der Waals surface area contributed by atoms with Crippen LogP contribution in [0.4, 0.5) is 26.3 Å². The summed E-state index contributed by atoms with van der Waals surface area (Å²) in [6, 6.07) is 0. The van der Waals surface area contributed by atoms with E-state index in [4.69, 9.17) is 0 Å². The van der Waals surface area contributed by atoms with Gasteiger partial charge in [-0.15, -0.1) is 0 Å². The van der Waals surface area contributed by atoms with E-state index in [2.05, 4.69) is 9.47 Å². The van der Waals surface area contributed by atoms with Gasteiger partial charge >= 0.3 is 24.3 Å². The van der Waals surface area contributed by atoms with Crippen LogP contribution in [-0.2, 0) is 19.1 Å². The van der Waals surface area contributed by atoms with Crippen molar-refractivity contribution in [1.29, 1.82) is 0 Å². The fourth-order valence-corrected chi connectivity index (χ4v) is 0.694. The lowest BCUT2D eigenvalue weighted by Gasteiger charge is -1.97. The number of ether oxygens (including phenoxy) is 2. The van der Waals surface area contributed by atoms with Crippen molar-refractivity contribution in [2.75, 3.05) is 13.2 Å². The van der Waals surface area contributed by atoms with Gasteiger partial charge in [0.1, 0.15) is 13.2 Å². The van der Waals surface area contributed by atoms with Gasteiger partial charge < -0.3 is 9.47 Å². The Morgan fingerprint density at radius 3 is 1.23 bits per heavy atom. The van der Waals surface area contributed by atoms with Gasteiger partial charge in [-0.05, 0) is 12.2 Å². The zero-order chi connectivity index (χ0) is 17.8. The predicted molar refractivity (Wildman–Crippen MR) is 63.7 cm³/mol. The first-order valence-corrected chi connectivity index (χ1v) is 5.59. The van der Waals surface area contributed by atoms with E-state index in [9.17, 15) is 35.9 Å². The summed E-state index contributed by atoms with van der Waals surface area (Å²) in [6.07, 6.45) is -7.14. The van der Waals surface area contributed by atoms with Crippen molar-refractivity contribution in [3.05, 3.63) is 24.3 Å². The number of allylic oxidation sites excluding steroid dienone is 2. The van der Waals surface area contributed by atoms with Gasteiger partial charge in [0.2, 0.25) is 0 Å². The molecule has 128 valence electrons. The second kappa shape index (κ2) is 10.7. The molecule has 0 fully saturated rings. The standard InChI is InChI=1S/2C6H7F3O2/c2*1-5(10)11-4-2-3-6(7,8)9/h2*2-3H,4H2,1H3/b3-2+;3-2-. The molecule has 0 amide bonds. The quantitative estimate of drug-likeness (QED) is 0.449. The van der Waals surface area contributed by atoms with E-state index in [0.717, 1.165) is 26.0 Å². The summed E-state index contributed by atoms with van der Waals surface area (Å²) < 4.78 is 76.5. The van der Waals surface area contributed by atoms with Crippen LogP contribution in [0.2, 0.25) is 0 Å². The van der Waals surface area contributed by atoms with Crippen molar-refractivity contribution in [2.45, 2.75) is 26.2 Å². The molecule has 10 heteroatoms. The molecule has 22 heavy (non-hydrogen) atoms. The molecule has 4 nitrogen and oxygen atoms in total. The minimum absolute atomic E-state index is 0.0238. The van der Waals surface area contributed by atoms with Crippen molar-refractivity contribution in [3.8, 4) is 0 Å². The molecular formula is C12H14F6O4. The topological polar surface area (TPSA) is 52.6 Å². The summed E-state index contributed by atoms with van der Waals surface area (Å²) in [4.78, 5) is 20.1. The Labute approximate surface area is 122 Å². The number of hydrogen-bond acceptors (Lipinski definition) is 4. The van der Waals surface area contributed by atoms with E-state index in [1.165, 1.54) is 0 Å². The van der Waals surface area contributed by atoms with Gasteiger partial charge in [-0.2, -0.15) is 26.3 Å². The van der Waals surface area contributed by atoms with Crippen molar-refractivity contribution in [1.82, 2.24) is 0 Å². The molecule has 0 atom stereocenters. The van der Waals surface area contributed by atoms with E-state index >= 15 is 0 Å². The Morgan fingerprint density at radius 1 is 0.773 bits per heavy atom. The molecule has 0 saturated heterocycles. The van der Waals surface area contributed by atoms with Crippen LogP contribution >= 0.6 is 0 Å². The molecule has 0 aromatic rings. The highest BCUT2D eigenvalue weighted by molar-refractivity contribution is 5.66. The number of rotatable bonds is 4. The molecule has 0 bridgehead atoms. The van der Waals surface area contributed by atoms with Crippen LogP contribution in [0.1, 0.15) is 13.8 Å². The highest BCUT2D eigenvalue weighted by Crippen LogP contribution is 2.16. The van der Waals surface area contributed by atoms with Gasteiger partial charge in [0.05, 0.1) is 0 Å². The molecule has 0 spiro atoms. The maximum Gasteiger partial charge on any atom is 0.409 e. The highest BCUT2D eigenvalue weighted by Gasteiger charge is 2.22. The second-order valence-corrected chi connectivity index (χ2v) is 3.49. The zero-order valence-electron chi connectivity index (χ0n) is 11.6. The Hall–Kier alpha value is -2.00. The molecule has 0 rings (SSSR count). The summed E-state index contributed by atoms with van der Waals surface area (Å²) in [5.41, 5.74) is 0. The van der Waals surface area contributed by atoms with E-state index < -0.39 is 24.3 Å². The molecule has 0 heterocycles. The van der Waals surface area contributed by atoms with Crippen molar-refractivity contribution >= 4 is 11.9 Å². The summed E-state index contributed by atoms with van der Waals surface area (Å²) in [5, 5.41) is 0. The number of alkyl halides is 6. The highest BCUT2D eigenvalue weighted by atomic mass is 19.4. The van der Waals surface area contributed by atoms with Gasteiger partial charge in [-0.3, -0.25) is 9.59 Å². The molecule has 0 unspecified atom stereocenters. The normalized spacial score (nSPS) is 12.0. The van der Waals surface area contributed by atoms with Crippen LogP contribution in [0.15, 0.2) is 24.3 Å². The van der Waals surface area contributed by atoms with Crippen LogP contribution in [-0.4, -0.2) is 37.5 Å². The van der Waals surface area contributed by atoms with E-state index in [-0.39, 0.29) is 25.4 Å². The lowest BCUT2D eigenvalue weighted by atomic mass is 10.5. The Kier molecular flexibility index (Phi) is 10.8. The van der Waals surface area contributed by atoms with Crippen LogP contribution in [0, 0.1) is 0 Å². The van der Waals surface area contributed by atoms with Gasteiger partial charge in [0.25, 0.3) is 0 Å². The first kappa shape index (κ1) is 22.3. The number of hydrogen-bond donors (Lipinski definition) is 0. The molecule has 0 aliphatic heterocycles. The van der Waals surface area contributed by atoms with Gasteiger partial charge in [0, 0.05) is 26.0 Å². The van der Waals surface area contributed by atoms with Crippen molar-refractivity contribution in [2.24, 2.45) is 0 Å². The Morgan fingerprint density at radius 2 is 1.05 bits per heavy atom. The molecule has 0 aromatic carbocycles. The van der Waals surface area contributed by atoms with E-state index in [0.29, 0.717) is 0 Å². The summed E-state index contributed by atoms with van der Waals surface area (Å²) in [5.74, 6) is -1.20. The average molecular weight is 336 g/mol. The maximum atomic E-state index is 11.4. The summed E-state index contributed by atoms with van der Waals surface area (Å²) in [7, 11) is 0. The van der Waals surface area contributed by atoms with Gasteiger partial charge in [-0.1, -0.05) is 0 Å². The monoisotopic (exact) mass is 336 g/mol. The second-order valence-electron chi connectivity index (χ2n) is 3.49. The minimum atomic E-state index is -4.33. The third-order valence-electron chi connectivity index (χ3n) is 1.38. The van der Waals surface area contributed by atoms with Crippen LogP contribution in [0.5, 0.6) is 0 Å². The van der Waals surface area contributed by atoms with Gasteiger partial charge in [-0.25, -0.2) is 0 Å². The van der Waals surface area contributed by atoms with E-state index in [1.54, 1.807) is 0 Å². The fraction of sp³-hybridized carbons (Fsp3) is 0.500. The number of carbonyl (C=O) groups is 2. The average Bonchev–Trinajstić information content (AvgIpc) is 2.28. The molecular weight excluding hydrogens is 322 g/mol. The first-order chi connectivity index (χ1) is 9.83. The molecule has 0 aliphatic carbocycles. The van der Waals surface area contributed by atoms with Crippen LogP contribution in [0.25, 0.3) is 0 Å². The Balaban J connectivity index is 0.